The second kappa shape index (κ2) is 3.76. The lowest BCUT2D eigenvalue weighted by molar-refractivity contribution is -0.107. The quantitative estimate of drug-likeness (QED) is 0.568. The first-order chi connectivity index (χ1) is 5.65. The standard InChI is InChI=1S/C8H5BrF2O/c9-7(4-12)6-2-1-5(10)3-8(6)11/h1-4,7H. The highest BCUT2D eigenvalue weighted by molar-refractivity contribution is 9.09. The number of halogens is 3. The summed E-state index contributed by atoms with van der Waals surface area (Å²) in [6, 6.07) is 3.09. The van der Waals surface area contributed by atoms with Crippen molar-refractivity contribution in [3.8, 4) is 0 Å². The van der Waals surface area contributed by atoms with Crippen LogP contribution in [0.25, 0.3) is 0 Å². The molecule has 0 bridgehead atoms. The van der Waals surface area contributed by atoms with Crippen LogP contribution in [-0.4, -0.2) is 6.29 Å². The highest BCUT2D eigenvalue weighted by Gasteiger charge is 2.11. The summed E-state index contributed by atoms with van der Waals surface area (Å²) in [5, 5.41) is 0. The molecule has 0 aliphatic carbocycles. The number of hydrogen-bond acceptors (Lipinski definition) is 1. The van der Waals surface area contributed by atoms with Crippen molar-refractivity contribution < 1.29 is 13.6 Å². The van der Waals surface area contributed by atoms with Gasteiger partial charge in [-0.15, -0.1) is 0 Å². The molecule has 12 heavy (non-hydrogen) atoms. The van der Waals surface area contributed by atoms with Gasteiger partial charge < -0.3 is 4.79 Å². The number of aldehydes is 1. The first-order valence-electron chi connectivity index (χ1n) is 3.19. The molecule has 0 saturated heterocycles. The van der Waals surface area contributed by atoms with Crippen LogP contribution in [0, 0.1) is 11.6 Å². The highest BCUT2D eigenvalue weighted by Crippen LogP contribution is 2.23. The third kappa shape index (κ3) is 1.88. The Hall–Kier alpha value is -0.770. The van der Waals surface area contributed by atoms with E-state index in [2.05, 4.69) is 15.9 Å². The van der Waals surface area contributed by atoms with Gasteiger partial charge in [0.1, 0.15) is 17.9 Å². The van der Waals surface area contributed by atoms with E-state index in [0.29, 0.717) is 6.29 Å². The van der Waals surface area contributed by atoms with Crippen molar-refractivity contribution in [1.29, 1.82) is 0 Å². The Balaban J connectivity index is 3.09. The molecule has 1 rings (SSSR count). The molecule has 1 unspecified atom stereocenters. The van der Waals surface area contributed by atoms with Gasteiger partial charge in [0.15, 0.2) is 0 Å². The van der Waals surface area contributed by atoms with Gasteiger partial charge in [-0.1, -0.05) is 22.0 Å². The van der Waals surface area contributed by atoms with Crippen LogP contribution in [0.5, 0.6) is 0 Å². The molecule has 1 atom stereocenters. The van der Waals surface area contributed by atoms with Gasteiger partial charge in [0.25, 0.3) is 0 Å². The van der Waals surface area contributed by atoms with Gasteiger partial charge >= 0.3 is 0 Å². The average Bonchev–Trinajstić information content (AvgIpc) is 2.03. The van der Waals surface area contributed by atoms with Crippen molar-refractivity contribution in [2.24, 2.45) is 0 Å². The maximum Gasteiger partial charge on any atom is 0.138 e. The predicted molar refractivity (Wildman–Crippen MR) is 44.1 cm³/mol. The molecule has 1 aromatic rings. The Bertz CT molecular complexity index is 301. The van der Waals surface area contributed by atoms with Crippen molar-refractivity contribution in [3.05, 3.63) is 35.4 Å². The Kier molecular flexibility index (Phi) is 2.92. The van der Waals surface area contributed by atoms with Gasteiger partial charge in [-0.3, -0.25) is 0 Å². The summed E-state index contributed by atoms with van der Waals surface area (Å²) in [5.74, 6) is -1.37. The minimum Gasteiger partial charge on any atom is -0.302 e. The van der Waals surface area contributed by atoms with Crippen LogP contribution in [0.3, 0.4) is 0 Å². The van der Waals surface area contributed by atoms with E-state index in [1.54, 1.807) is 0 Å². The molecule has 0 aromatic heterocycles. The van der Waals surface area contributed by atoms with Gasteiger partial charge in [-0.25, -0.2) is 8.78 Å². The van der Waals surface area contributed by atoms with Crippen LogP contribution in [0.15, 0.2) is 18.2 Å². The van der Waals surface area contributed by atoms with E-state index in [-0.39, 0.29) is 5.56 Å². The van der Waals surface area contributed by atoms with E-state index in [1.165, 1.54) is 6.07 Å². The van der Waals surface area contributed by atoms with Crippen LogP contribution in [0.2, 0.25) is 0 Å². The van der Waals surface area contributed by atoms with Crippen LogP contribution in [0.4, 0.5) is 8.78 Å². The Morgan fingerprint density at radius 3 is 2.58 bits per heavy atom. The van der Waals surface area contributed by atoms with Gasteiger partial charge in [0.05, 0.1) is 4.83 Å². The maximum absolute atomic E-state index is 12.9. The average molecular weight is 235 g/mol. The van der Waals surface area contributed by atoms with Crippen LogP contribution < -0.4 is 0 Å². The van der Waals surface area contributed by atoms with Gasteiger partial charge in [-0.2, -0.15) is 0 Å². The smallest absolute Gasteiger partial charge is 0.138 e. The fourth-order valence-electron chi connectivity index (χ4n) is 0.798. The summed E-state index contributed by atoms with van der Waals surface area (Å²) in [4.78, 5) is 9.53. The normalized spacial score (nSPS) is 12.6. The molecule has 1 aromatic carbocycles. The summed E-state index contributed by atoms with van der Waals surface area (Å²) in [5.41, 5.74) is 0.145. The summed E-state index contributed by atoms with van der Waals surface area (Å²) in [6.45, 7) is 0. The summed E-state index contributed by atoms with van der Waals surface area (Å²) >= 11 is 2.93. The lowest BCUT2D eigenvalue weighted by Crippen LogP contribution is -1.95. The molecular formula is C8H5BrF2O. The number of hydrogen-bond donors (Lipinski definition) is 0. The lowest BCUT2D eigenvalue weighted by atomic mass is 10.1. The fourth-order valence-corrected chi connectivity index (χ4v) is 1.17. The van der Waals surface area contributed by atoms with Gasteiger partial charge in [-0.05, 0) is 6.07 Å². The first-order valence-corrected chi connectivity index (χ1v) is 4.11. The third-order valence-corrected chi connectivity index (χ3v) is 2.09. The van der Waals surface area contributed by atoms with Gasteiger partial charge in [0, 0.05) is 11.6 Å². The number of rotatable bonds is 2. The monoisotopic (exact) mass is 234 g/mol. The second-order valence-electron chi connectivity index (χ2n) is 2.20. The molecule has 0 aliphatic heterocycles. The molecule has 0 radical (unpaired) electrons. The number of alkyl halides is 1. The molecule has 4 heteroatoms. The Labute approximate surface area is 76.5 Å². The number of carbonyl (C=O) groups is 1. The van der Waals surface area contributed by atoms with E-state index >= 15 is 0 Å². The first kappa shape index (κ1) is 9.32. The molecule has 1 nitrogen and oxygen atoms in total. The van der Waals surface area contributed by atoms with Crippen LogP contribution in [-0.2, 0) is 4.79 Å². The van der Waals surface area contributed by atoms with E-state index in [0.717, 1.165) is 12.1 Å². The van der Waals surface area contributed by atoms with Crippen LogP contribution in [0.1, 0.15) is 10.4 Å². The van der Waals surface area contributed by atoms with Crippen molar-refractivity contribution in [1.82, 2.24) is 0 Å². The zero-order valence-electron chi connectivity index (χ0n) is 5.93. The SMILES string of the molecule is O=CC(Br)c1ccc(F)cc1F. The molecule has 0 fully saturated rings. The van der Waals surface area contributed by atoms with Crippen LogP contribution >= 0.6 is 15.9 Å². The van der Waals surface area contributed by atoms with E-state index < -0.39 is 16.5 Å². The minimum atomic E-state index is -0.719. The third-order valence-electron chi connectivity index (χ3n) is 1.38. The maximum atomic E-state index is 12.9. The summed E-state index contributed by atoms with van der Waals surface area (Å²) < 4.78 is 25.2. The molecular weight excluding hydrogens is 230 g/mol. The molecule has 0 amide bonds. The largest absolute Gasteiger partial charge is 0.302 e. The fraction of sp³-hybridized carbons (Fsp3) is 0.125. The molecule has 0 spiro atoms. The van der Waals surface area contributed by atoms with E-state index in [4.69, 9.17) is 0 Å². The van der Waals surface area contributed by atoms with Gasteiger partial charge in [0.2, 0.25) is 0 Å². The van der Waals surface area contributed by atoms with E-state index in [1.807, 2.05) is 0 Å². The summed E-state index contributed by atoms with van der Waals surface area (Å²) in [6.07, 6.45) is 0.538. The Morgan fingerprint density at radius 2 is 2.08 bits per heavy atom. The highest BCUT2D eigenvalue weighted by atomic mass is 79.9. The lowest BCUT2D eigenvalue weighted by Gasteiger charge is -2.02. The summed E-state index contributed by atoms with van der Waals surface area (Å²) in [7, 11) is 0. The Morgan fingerprint density at radius 1 is 1.42 bits per heavy atom. The number of carbonyl (C=O) groups excluding carboxylic acids is 1. The van der Waals surface area contributed by atoms with Crippen molar-refractivity contribution in [2.45, 2.75) is 4.83 Å². The predicted octanol–water partition coefficient (Wildman–Crippen LogP) is 2.60. The topological polar surface area (TPSA) is 17.1 Å². The van der Waals surface area contributed by atoms with Crippen molar-refractivity contribution in [3.63, 3.8) is 0 Å². The zero-order chi connectivity index (χ0) is 9.14. The van der Waals surface area contributed by atoms with Crippen molar-refractivity contribution >= 4 is 22.2 Å². The molecule has 64 valence electrons. The zero-order valence-corrected chi connectivity index (χ0v) is 7.51. The molecule has 0 aliphatic rings. The number of benzene rings is 1. The second-order valence-corrected chi connectivity index (χ2v) is 3.19. The van der Waals surface area contributed by atoms with Crippen molar-refractivity contribution in [2.75, 3.05) is 0 Å². The molecule has 0 N–H and O–H groups in total. The molecule has 0 saturated carbocycles. The van der Waals surface area contributed by atoms with E-state index in [9.17, 15) is 13.6 Å². The molecule has 0 heterocycles. The minimum absolute atomic E-state index is 0.145.